The van der Waals surface area contributed by atoms with Crippen molar-refractivity contribution in [2.45, 2.75) is 39.1 Å². The molecule has 0 saturated heterocycles. The van der Waals surface area contributed by atoms with Crippen molar-refractivity contribution >= 4 is 41.5 Å². The minimum absolute atomic E-state index is 0. The average molecular weight is 474 g/mol. The maximum absolute atomic E-state index is 12.3. The minimum atomic E-state index is -4.81. The summed E-state index contributed by atoms with van der Waals surface area (Å²) in [5.41, 5.74) is 5.65. The van der Waals surface area contributed by atoms with Gasteiger partial charge in [-0.05, 0) is 25.5 Å². The number of halogens is 4. The number of nitrogens with two attached hydrogens (primary N) is 1. The molecule has 0 aliphatic heterocycles. The Balaban J connectivity index is 0.00000576. The van der Waals surface area contributed by atoms with E-state index in [1.165, 1.54) is 18.2 Å². The Morgan fingerprint density at radius 2 is 2.00 bits per heavy atom. The summed E-state index contributed by atoms with van der Waals surface area (Å²) in [7, 11) is 0. The van der Waals surface area contributed by atoms with Gasteiger partial charge in [0.25, 0.3) is 0 Å². The summed E-state index contributed by atoms with van der Waals surface area (Å²) in [4.78, 5) is 15.5. The molecule has 1 aromatic carbocycles. The van der Waals surface area contributed by atoms with E-state index in [1.54, 1.807) is 0 Å². The van der Waals surface area contributed by atoms with E-state index in [-0.39, 0.29) is 60.5 Å². The maximum atomic E-state index is 12.3. The van der Waals surface area contributed by atoms with Crippen molar-refractivity contribution in [2.24, 2.45) is 10.7 Å². The number of aliphatic imine (C=N–C) groups is 1. The lowest BCUT2D eigenvalue weighted by atomic mass is 10.2. The second-order valence-electron chi connectivity index (χ2n) is 5.06. The second kappa shape index (κ2) is 11.0. The summed E-state index contributed by atoms with van der Waals surface area (Å²) in [6.07, 6.45) is -3.86. The van der Waals surface area contributed by atoms with Gasteiger partial charge in [-0.15, -0.1) is 37.1 Å². The van der Waals surface area contributed by atoms with Crippen molar-refractivity contribution in [1.82, 2.24) is 5.32 Å². The van der Waals surface area contributed by atoms with Crippen molar-refractivity contribution in [1.29, 1.82) is 0 Å². The van der Waals surface area contributed by atoms with Gasteiger partial charge in [0.1, 0.15) is 0 Å². The van der Waals surface area contributed by atoms with Crippen LogP contribution in [0.1, 0.15) is 26.7 Å². The van der Waals surface area contributed by atoms with Crippen molar-refractivity contribution in [3.8, 4) is 5.75 Å². The Hall–Kier alpha value is -1.72. The van der Waals surface area contributed by atoms with Gasteiger partial charge in [-0.1, -0.05) is 19.1 Å². The molecule has 0 fully saturated rings. The van der Waals surface area contributed by atoms with Crippen molar-refractivity contribution in [2.75, 3.05) is 11.9 Å². The molecular formula is C15H22F3IN4O2. The number of benzene rings is 1. The predicted octanol–water partition coefficient (Wildman–Crippen LogP) is 3.23. The highest BCUT2D eigenvalue weighted by molar-refractivity contribution is 14.0. The fourth-order valence-corrected chi connectivity index (χ4v) is 1.69. The molecule has 0 radical (unpaired) electrons. The number of amides is 1. The standard InChI is InChI=1S/C15H21F3N4O2.HI/c1-3-10(2)21-13(23)8-9-20-14(19)22-11-6-4-5-7-12(11)24-15(16,17)18;/h4-7,10H,3,8-9H2,1-2H3,(H,21,23)(H3,19,20,22);1H. The molecule has 0 saturated carbocycles. The molecular weight excluding hydrogens is 452 g/mol. The number of rotatable bonds is 7. The van der Waals surface area contributed by atoms with Crippen LogP contribution in [0.4, 0.5) is 18.9 Å². The number of hydrogen-bond acceptors (Lipinski definition) is 3. The van der Waals surface area contributed by atoms with E-state index in [1.807, 2.05) is 13.8 Å². The van der Waals surface area contributed by atoms with E-state index in [4.69, 9.17) is 5.73 Å². The van der Waals surface area contributed by atoms with Gasteiger partial charge in [0.05, 0.1) is 12.2 Å². The van der Waals surface area contributed by atoms with Gasteiger partial charge in [-0.2, -0.15) is 0 Å². The molecule has 6 nitrogen and oxygen atoms in total. The van der Waals surface area contributed by atoms with E-state index in [0.717, 1.165) is 12.5 Å². The number of nitrogens with one attached hydrogen (secondary N) is 2. The first-order valence-electron chi connectivity index (χ1n) is 7.42. The van der Waals surface area contributed by atoms with E-state index in [0.29, 0.717) is 0 Å². The van der Waals surface area contributed by atoms with Crippen molar-refractivity contribution < 1.29 is 22.7 Å². The first-order chi connectivity index (χ1) is 11.2. The number of anilines is 1. The van der Waals surface area contributed by atoms with Gasteiger partial charge in [0.15, 0.2) is 11.7 Å². The molecule has 0 heterocycles. The molecule has 1 rings (SSSR count). The molecule has 142 valence electrons. The summed E-state index contributed by atoms with van der Waals surface area (Å²) >= 11 is 0. The first kappa shape index (κ1) is 23.3. The zero-order valence-electron chi connectivity index (χ0n) is 13.9. The lowest BCUT2D eigenvalue weighted by molar-refractivity contribution is -0.274. The maximum Gasteiger partial charge on any atom is 0.573 e. The van der Waals surface area contributed by atoms with E-state index in [2.05, 4.69) is 20.4 Å². The first-order valence-corrected chi connectivity index (χ1v) is 7.42. The summed E-state index contributed by atoms with van der Waals surface area (Å²) in [5.74, 6) is -0.691. The predicted molar refractivity (Wildman–Crippen MR) is 101 cm³/mol. The molecule has 0 aromatic heterocycles. The zero-order chi connectivity index (χ0) is 18.2. The van der Waals surface area contributed by atoms with Crippen molar-refractivity contribution in [3.63, 3.8) is 0 Å². The van der Waals surface area contributed by atoms with Gasteiger partial charge < -0.3 is 21.1 Å². The minimum Gasteiger partial charge on any atom is -0.404 e. The third-order valence-electron chi connectivity index (χ3n) is 3.02. The average Bonchev–Trinajstić information content (AvgIpc) is 2.47. The highest BCUT2D eigenvalue weighted by Crippen LogP contribution is 2.29. The summed E-state index contributed by atoms with van der Waals surface area (Å²) < 4.78 is 40.9. The fourth-order valence-electron chi connectivity index (χ4n) is 1.69. The molecule has 25 heavy (non-hydrogen) atoms. The highest BCUT2D eigenvalue weighted by Gasteiger charge is 2.32. The van der Waals surface area contributed by atoms with Gasteiger partial charge in [0, 0.05) is 12.5 Å². The summed E-state index contributed by atoms with van der Waals surface area (Å²) in [6, 6.07) is 5.53. The Kier molecular flexibility index (Phi) is 10.2. The quantitative estimate of drug-likeness (QED) is 0.322. The van der Waals surface area contributed by atoms with Crippen LogP contribution in [-0.2, 0) is 4.79 Å². The molecule has 1 atom stereocenters. The van der Waals surface area contributed by atoms with Crippen LogP contribution in [-0.4, -0.2) is 30.8 Å². The van der Waals surface area contributed by atoms with Crippen molar-refractivity contribution in [3.05, 3.63) is 24.3 Å². The number of guanidine groups is 1. The number of ether oxygens (including phenoxy) is 1. The van der Waals surface area contributed by atoms with Crippen LogP contribution >= 0.6 is 24.0 Å². The Bertz CT molecular complexity index is 582. The van der Waals surface area contributed by atoms with Gasteiger partial charge >= 0.3 is 6.36 Å². The molecule has 4 N–H and O–H groups in total. The third-order valence-corrected chi connectivity index (χ3v) is 3.02. The van der Waals surface area contributed by atoms with Crippen LogP contribution in [0.2, 0.25) is 0 Å². The number of carbonyl (C=O) groups is 1. The molecule has 1 amide bonds. The number of hydrogen-bond donors (Lipinski definition) is 3. The topological polar surface area (TPSA) is 88.7 Å². The largest absolute Gasteiger partial charge is 0.573 e. The van der Waals surface area contributed by atoms with Gasteiger partial charge in [-0.25, -0.2) is 0 Å². The lowest BCUT2D eigenvalue weighted by Crippen LogP contribution is -2.32. The molecule has 1 unspecified atom stereocenters. The van der Waals surface area contributed by atoms with Crippen LogP contribution in [0.15, 0.2) is 29.3 Å². The molecule has 0 spiro atoms. The Morgan fingerprint density at radius 1 is 1.36 bits per heavy atom. The number of alkyl halides is 3. The third kappa shape index (κ3) is 9.99. The molecule has 0 aliphatic carbocycles. The highest BCUT2D eigenvalue weighted by atomic mass is 127. The van der Waals surface area contributed by atoms with Crippen LogP contribution in [0.25, 0.3) is 0 Å². The monoisotopic (exact) mass is 474 g/mol. The van der Waals surface area contributed by atoms with E-state index >= 15 is 0 Å². The number of para-hydroxylation sites is 2. The van der Waals surface area contributed by atoms with Gasteiger partial charge in [0.2, 0.25) is 5.91 Å². The van der Waals surface area contributed by atoms with Crippen LogP contribution in [0, 0.1) is 0 Å². The summed E-state index contributed by atoms with van der Waals surface area (Å²) in [6.45, 7) is 3.95. The van der Waals surface area contributed by atoms with E-state index in [9.17, 15) is 18.0 Å². The molecule has 0 bridgehead atoms. The molecule has 10 heteroatoms. The van der Waals surface area contributed by atoms with Gasteiger partial charge in [-0.3, -0.25) is 9.79 Å². The second-order valence-corrected chi connectivity index (χ2v) is 5.06. The fraction of sp³-hybridized carbons (Fsp3) is 0.467. The normalized spacial score (nSPS) is 12.8. The van der Waals surface area contributed by atoms with Crippen LogP contribution in [0.5, 0.6) is 5.75 Å². The molecule has 1 aromatic rings. The SMILES string of the molecule is CCC(C)NC(=O)CCN=C(N)Nc1ccccc1OC(F)(F)F.I. The van der Waals surface area contributed by atoms with Crippen LogP contribution in [0.3, 0.4) is 0 Å². The molecule has 0 aliphatic rings. The number of carbonyl (C=O) groups excluding carboxylic acids is 1. The smallest absolute Gasteiger partial charge is 0.404 e. The number of nitrogens with zero attached hydrogens (tertiary/aromatic N) is 1. The Labute approximate surface area is 161 Å². The summed E-state index contributed by atoms with van der Waals surface area (Å²) in [5, 5.41) is 5.30. The van der Waals surface area contributed by atoms with Crippen LogP contribution < -0.4 is 21.1 Å². The zero-order valence-corrected chi connectivity index (χ0v) is 16.2. The van der Waals surface area contributed by atoms with E-state index < -0.39 is 12.1 Å². The Morgan fingerprint density at radius 3 is 2.60 bits per heavy atom. The lowest BCUT2D eigenvalue weighted by Gasteiger charge is -2.14.